The van der Waals surface area contributed by atoms with E-state index >= 15 is 0 Å². The number of fused-ring (bicyclic) bond motifs is 1. The van der Waals surface area contributed by atoms with Gasteiger partial charge >= 0.3 is 0 Å². The van der Waals surface area contributed by atoms with Crippen molar-refractivity contribution in [2.75, 3.05) is 6.54 Å². The van der Waals surface area contributed by atoms with Crippen molar-refractivity contribution < 1.29 is 0 Å². The Morgan fingerprint density at radius 1 is 1.47 bits per heavy atom. The highest BCUT2D eigenvalue weighted by molar-refractivity contribution is 7.09. The predicted octanol–water partition coefficient (Wildman–Crippen LogP) is 3.02. The summed E-state index contributed by atoms with van der Waals surface area (Å²) in [5.41, 5.74) is 1.14. The molecule has 106 valence electrons. The van der Waals surface area contributed by atoms with Crippen LogP contribution in [0.5, 0.6) is 0 Å². The number of rotatable bonds is 4. The van der Waals surface area contributed by atoms with Crippen molar-refractivity contribution in [2.24, 2.45) is 5.92 Å². The lowest BCUT2D eigenvalue weighted by Crippen LogP contribution is -2.39. The molecule has 0 aromatic carbocycles. The third kappa shape index (κ3) is 3.18. The molecule has 2 fully saturated rings. The van der Waals surface area contributed by atoms with Crippen LogP contribution in [0.25, 0.3) is 0 Å². The molecule has 1 aromatic rings. The van der Waals surface area contributed by atoms with Crippen molar-refractivity contribution in [3.63, 3.8) is 0 Å². The molecule has 3 nitrogen and oxygen atoms in total. The topological polar surface area (TPSA) is 37.0 Å². The minimum atomic E-state index is 0.378. The van der Waals surface area contributed by atoms with Gasteiger partial charge in [0.05, 0.1) is 6.04 Å². The van der Waals surface area contributed by atoms with E-state index in [-0.39, 0.29) is 0 Å². The minimum Gasteiger partial charge on any atom is -0.310 e. The zero-order valence-electron chi connectivity index (χ0n) is 12.0. The molecule has 1 aliphatic heterocycles. The molecule has 1 saturated heterocycles. The molecule has 2 N–H and O–H groups in total. The quantitative estimate of drug-likeness (QED) is 0.889. The first-order valence-electron chi connectivity index (χ1n) is 7.64. The number of nitrogens with zero attached hydrogens (tertiary/aromatic N) is 1. The van der Waals surface area contributed by atoms with E-state index < -0.39 is 0 Å². The van der Waals surface area contributed by atoms with Crippen molar-refractivity contribution in [3.8, 4) is 0 Å². The summed E-state index contributed by atoms with van der Waals surface area (Å²) < 4.78 is 0. The Kier molecular flexibility index (Phi) is 4.20. The molecule has 0 amide bonds. The molecule has 2 aliphatic rings. The van der Waals surface area contributed by atoms with E-state index in [1.807, 2.05) is 0 Å². The average Bonchev–Trinajstić information content (AvgIpc) is 3.01. The Morgan fingerprint density at radius 2 is 2.32 bits per heavy atom. The first kappa shape index (κ1) is 13.5. The molecule has 1 saturated carbocycles. The summed E-state index contributed by atoms with van der Waals surface area (Å²) in [6.45, 7) is 5.36. The van der Waals surface area contributed by atoms with Gasteiger partial charge in [-0.15, -0.1) is 11.3 Å². The summed E-state index contributed by atoms with van der Waals surface area (Å²) in [6, 6.07) is 1.85. The second kappa shape index (κ2) is 5.90. The SMILES string of the molecule is Cc1csc(C(C)NCC2CC3CCCCC3N2)n1. The molecule has 1 aromatic heterocycles. The van der Waals surface area contributed by atoms with Crippen LogP contribution in [0, 0.1) is 12.8 Å². The molecular formula is C15H25N3S. The Labute approximate surface area is 120 Å². The molecule has 0 bridgehead atoms. The first-order chi connectivity index (χ1) is 9.22. The molecule has 4 heteroatoms. The van der Waals surface area contributed by atoms with Gasteiger partial charge < -0.3 is 10.6 Å². The Bertz CT molecular complexity index is 403. The third-order valence-electron chi connectivity index (χ3n) is 4.62. The molecule has 2 heterocycles. The van der Waals surface area contributed by atoms with E-state index in [0.717, 1.165) is 24.2 Å². The fourth-order valence-electron chi connectivity index (χ4n) is 3.57. The lowest BCUT2D eigenvalue weighted by Gasteiger charge is -2.24. The molecule has 1 aliphatic carbocycles. The highest BCUT2D eigenvalue weighted by atomic mass is 32.1. The summed E-state index contributed by atoms with van der Waals surface area (Å²) in [7, 11) is 0. The lowest BCUT2D eigenvalue weighted by molar-refractivity contribution is 0.325. The van der Waals surface area contributed by atoms with E-state index in [0.29, 0.717) is 12.1 Å². The summed E-state index contributed by atoms with van der Waals surface area (Å²) in [6.07, 6.45) is 7.06. The summed E-state index contributed by atoms with van der Waals surface area (Å²) in [4.78, 5) is 4.56. The van der Waals surface area contributed by atoms with Crippen LogP contribution in [0.3, 0.4) is 0 Å². The smallest absolute Gasteiger partial charge is 0.110 e. The van der Waals surface area contributed by atoms with E-state index in [1.165, 1.54) is 37.1 Å². The molecule has 19 heavy (non-hydrogen) atoms. The fourth-order valence-corrected chi connectivity index (χ4v) is 4.39. The van der Waals surface area contributed by atoms with Gasteiger partial charge in [0, 0.05) is 29.7 Å². The Hall–Kier alpha value is -0.450. The largest absolute Gasteiger partial charge is 0.310 e. The fraction of sp³-hybridized carbons (Fsp3) is 0.800. The summed E-state index contributed by atoms with van der Waals surface area (Å²) >= 11 is 1.77. The summed E-state index contributed by atoms with van der Waals surface area (Å²) in [5, 5.41) is 10.8. The zero-order valence-corrected chi connectivity index (χ0v) is 12.8. The maximum atomic E-state index is 4.56. The van der Waals surface area contributed by atoms with Crippen LogP contribution < -0.4 is 10.6 Å². The normalized spacial score (nSPS) is 32.2. The number of aromatic nitrogens is 1. The van der Waals surface area contributed by atoms with Gasteiger partial charge in [0.1, 0.15) is 5.01 Å². The average molecular weight is 279 g/mol. The maximum Gasteiger partial charge on any atom is 0.110 e. The standard InChI is InChI=1S/C15H25N3S/c1-10-9-19-15(17-10)11(2)16-8-13-7-12-5-3-4-6-14(12)18-13/h9,11-14,16,18H,3-8H2,1-2H3. The Morgan fingerprint density at radius 3 is 3.05 bits per heavy atom. The number of thiazole rings is 1. The van der Waals surface area contributed by atoms with E-state index in [9.17, 15) is 0 Å². The second-order valence-electron chi connectivity index (χ2n) is 6.21. The number of nitrogens with one attached hydrogen (secondary N) is 2. The first-order valence-corrected chi connectivity index (χ1v) is 8.52. The maximum absolute atomic E-state index is 4.56. The van der Waals surface area contributed by atoms with Gasteiger partial charge in [0.25, 0.3) is 0 Å². The minimum absolute atomic E-state index is 0.378. The zero-order chi connectivity index (χ0) is 13.2. The van der Waals surface area contributed by atoms with Crippen LogP contribution in [0.1, 0.15) is 55.8 Å². The van der Waals surface area contributed by atoms with Crippen molar-refractivity contribution in [3.05, 3.63) is 16.1 Å². The van der Waals surface area contributed by atoms with Crippen molar-refractivity contribution in [1.29, 1.82) is 0 Å². The summed E-state index contributed by atoms with van der Waals surface area (Å²) in [5.74, 6) is 0.943. The second-order valence-corrected chi connectivity index (χ2v) is 7.10. The highest BCUT2D eigenvalue weighted by Crippen LogP contribution is 2.33. The van der Waals surface area contributed by atoms with Crippen molar-refractivity contribution in [1.82, 2.24) is 15.6 Å². The van der Waals surface area contributed by atoms with E-state index in [4.69, 9.17) is 0 Å². The van der Waals surface area contributed by atoms with Gasteiger partial charge in [-0.3, -0.25) is 0 Å². The number of hydrogen-bond acceptors (Lipinski definition) is 4. The van der Waals surface area contributed by atoms with Crippen molar-refractivity contribution >= 4 is 11.3 Å². The van der Waals surface area contributed by atoms with E-state index in [2.05, 4.69) is 34.8 Å². The van der Waals surface area contributed by atoms with Gasteiger partial charge in [-0.05, 0) is 39.0 Å². The van der Waals surface area contributed by atoms with Gasteiger partial charge in [-0.1, -0.05) is 12.8 Å². The Balaban J connectivity index is 1.47. The van der Waals surface area contributed by atoms with Crippen LogP contribution in [0.4, 0.5) is 0 Å². The molecule has 0 spiro atoms. The van der Waals surface area contributed by atoms with Crippen LogP contribution in [-0.2, 0) is 0 Å². The molecule has 0 radical (unpaired) electrons. The lowest BCUT2D eigenvalue weighted by atomic mass is 9.85. The number of aryl methyl sites for hydroxylation is 1. The third-order valence-corrected chi connectivity index (χ3v) is 5.77. The highest BCUT2D eigenvalue weighted by Gasteiger charge is 2.34. The molecule has 3 rings (SSSR count). The van der Waals surface area contributed by atoms with Gasteiger partial charge in [0.2, 0.25) is 0 Å². The van der Waals surface area contributed by atoms with Crippen LogP contribution in [-0.4, -0.2) is 23.6 Å². The van der Waals surface area contributed by atoms with Gasteiger partial charge in [-0.25, -0.2) is 4.98 Å². The molecule has 4 unspecified atom stereocenters. The van der Waals surface area contributed by atoms with E-state index in [1.54, 1.807) is 11.3 Å². The van der Waals surface area contributed by atoms with Crippen LogP contribution in [0.15, 0.2) is 5.38 Å². The van der Waals surface area contributed by atoms with Crippen molar-refractivity contribution in [2.45, 2.75) is 64.1 Å². The van der Waals surface area contributed by atoms with Crippen LogP contribution >= 0.6 is 11.3 Å². The predicted molar refractivity (Wildman–Crippen MR) is 80.6 cm³/mol. The monoisotopic (exact) mass is 279 g/mol. The van der Waals surface area contributed by atoms with Crippen LogP contribution in [0.2, 0.25) is 0 Å². The number of hydrogen-bond donors (Lipinski definition) is 2. The van der Waals surface area contributed by atoms with Gasteiger partial charge in [-0.2, -0.15) is 0 Å². The molecular weight excluding hydrogens is 254 g/mol. The molecule has 4 atom stereocenters. The van der Waals surface area contributed by atoms with Gasteiger partial charge in [0.15, 0.2) is 0 Å².